The fourth-order valence-electron chi connectivity index (χ4n) is 2.90. The quantitative estimate of drug-likeness (QED) is 0.590. The highest BCUT2D eigenvalue weighted by Crippen LogP contribution is 2.43. The highest BCUT2D eigenvalue weighted by Gasteiger charge is 2.45. The van der Waals surface area contributed by atoms with Crippen molar-refractivity contribution in [2.45, 2.75) is 22.8 Å². The lowest BCUT2D eigenvalue weighted by molar-refractivity contribution is -0.129. The molecule has 0 radical (unpaired) electrons. The summed E-state index contributed by atoms with van der Waals surface area (Å²) in [5.74, 6) is 0.246. The molecule has 1 saturated heterocycles. The van der Waals surface area contributed by atoms with E-state index in [1.165, 1.54) is 15.4 Å². The van der Waals surface area contributed by atoms with Gasteiger partial charge >= 0.3 is 0 Å². The summed E-state index contributed by atoms with van der Waals surface area (Å²) >= 11 is 3.45. The Morgan fingerprint density at radius 1 is 0.864 bits per heavy atom. The first-order chi connectivity index (χ1) is 10.7. The standard InChI is InChI=1S/C18H19NOS2/c1-12-17(13-4-8-15(21-2)9-5-13)19(18(12)20)14-6-10-16(22-3)11-7-14/h4-12,17H,1-3H3. The number of benzene rings is 2. The Morgan fingerprint density at radius 3 is 1.86 bits per heavy atom. The fourth-order valence-corrected chi connectivity index (χ4v) is 3.72. The summed E-state index contributed by atoms with van der Waals surface area (Å²) in [6, 6.07) is 16.9. The summed E-state index contributed by atoms with van der Waals surface area (Å²) < 4.78 is 0. The van der Waals surface area contributed by atoms with E-state index in [2.05, 4.69) is 48.9 Å². The largest absolute Gasteiger partial charge is 0.304 e. The third kappa shape index (κ3) is 2.66. The molecule has 2 aromatic rings. The molecule has 0 aliphatic carbocycles. The summed E-state index contributed by atoms with van der Waals surface area (Å²) in [6.07, 6.45) is 4.13. The van der Waals surface area contributed by atoms with Gasteiger partial charge in [-0.15, -0.1) is 23.5 Å². The molecule has 2 aromatic carbocycles. The molecule has 3 rings (SSSR count). The van der Waals surface area contributed by atoms with Gasteiger partial charge in [-0.1, -0.05) is 19.1 Å². The Bertz CT molecular complexity index is 666. The van der Waals surface area contributed by atoms with E-state index in [4.69, 9.17) is 0 Å². The predicted molar refractivity (Wildman–Crippen MR) is 95.8 cm³/mol. The molecule has 0 saturated carbocycles. The number of rotatable bonds is 4. The van der Waals surface area contributed by atoms with Crippen molar-refractivity contribution in [3.63, 3.8) is 0 Å². The van der Waals surface area contributed by atoms with Crippen molar-refractivity contribution in [1.82, 2.24) is 0 Å². The van der Waals surface area contributed by atoms with Crippen LogP contribution in [0.15, 0.2) is 58.3 Å². The zero-order valence-corrected chi connectivity index (χ0v) is 14.6. The minimum atomic E-state index is 0.0420. The molecule has 0 spiro atoms. The molecule has 22 heavy (non-hydrogen) atoms. The molecule has 0 aromatic heterocycles. The Labute approximate surface area is 140 Å². The minimum absolute atomic E-state index is 0.0420. The van der Waals surface area contributed by atoms with E-state index >= 15 is 0 Å². The van der Waals surface area contributed by atoms with E-state index in [9.17, 15) is 4.79 Å². The van der Waals surface area contributed by atoms with Gasteiger partial charge in [-0.25, -0.2) is 0 Å². The van der Waals surface area contributed by atoms with Crippen LogP contribution in [0.5, 0.6) is 0 Å². The van der Waals surface area contributed by atoms with Crippen molar-refractivity contribution in [2.75, 3.05) is 17.4 Å². The molecular weight excluding hydrogens is 310 g/mol. The summed E-state index contributed by atoms with van der Waals surface area (Å²) in [5, 5.41) is 0. The molecule has 114 valence electrons. The normalized spacial score (nSPS) is 20.9. The average molecular weight is 329 g/mol. The van der Waals surface area contributed by atoms with E-state index in [0.717, 1.165) is 5.69 Å². The van der Waals surface area contributed by atoms with Crippen molar-refractivity contribution >= 4 is 35.1 Å². The number of β-lactam (4-membered cyclic amide) rings is 1. The van der Waals surface area contributed by atoms with E-state index in [1.807, 2.05) is 24.0 Å². The summed E-state index contributed by atoms with van der Waals surface area (Å²) in [7, 11) is 0. The second-order valence-corrected chi connectivity index (χ2v) is 7.17. The molecule has 2 atom stereocenters. The van der Waals surface area contributed by atoms with Gasteiger partial charge in [-0.05, 0) is 54.5 Å². The van der Waals surface area contributed by atoms with Crippen molar-refractivity contribution in [1.29, 1.82) is 0 Å². The average Bonchev–Trinajstić information content (AvgIpc) is 2.59. The van der Waals surface area contributed by atoms with E-state index in [1.54, 1.807) is 23.5 Å². The number of carbonyl (C=O) groups is 1. The SMILES string of the molecule is CSc1ccc(C2C(C)C(=O)N2c2ccc(SC)cc2)cc1. The van der Waals surface area contributed by atoms with Gasteiger partial charge in [0.25, 0.3) is 0 Å². The maximum absolute atomic E-state index is 12.3. The summed E-state index contributed by atoms with van der Waals surface area (Å²) in [4.78, 5) is 16.7. The van der Waals surface area contributed by atoms with Crippen molar-refractivity contribution in [2.24, 2.45) is 5.92 Å². The minimum Gasteiger partial charge on any atom is -0.304 e. The van der Waals surface area contributed by atoms with Gasteiger partial charge in [0.05, 0.1) is 12.0 Å². The van der Waals surface area contributed by atoms with Crippen molar-refractivity contribution in [3.05, 3.63) is 54.1 Å². The highest BCUT2D eigenvalue weighted by atomic mass is 32.2. The monoisotopic (exact) mass is 329 g/mol. The van der Waals surface area contributed by atoms with Crippen LogP contribution in [0.4, 0.5) is 5.69 Å². The summed E-state index contributed by atoms with van der Waals surface area (Å²) in [5.41, 5.74) is 2.19. The first-order valence-electron chi connectivity index (χ1n) is 7.27. The number of amides is 1. The molecule has 4 heteroatoms. The van der Waals surface area contributed by atoms with Crippen LogP contribution < -0.4 is 4.90 Å². The smallest absolute Gasteiger partial charge is 0.232 e. The van der Waals surface area contributed by atoms with Gasteiger partial charge < -0.3 is 4.90 Å². The first kappa shape index (κ1) is 15.5. The van der Waals surface area contributed by atoms with Gasteiger partial charge in [-0.3, -0.25) is 4.79 Å². The molecule has 1 amide bonds. The van der Waals surface area contributed by atoms with Crippen molar-refractivity contribution in [3.8, 4) is 0 Å². The highest BCUT2D eigenvalue weighted by molar-refractivity contribution is 7.98. The summed E-state index contributed by atoms with van der Waals surface area (Å²) in [6.45, 7) is 2.02. The number of nitrogens with zero attached hydrogens (tertiary/aromatic N) is 1. The van der Waals surface area contributed by atoms with Crippen LogP contribution in [0.2, 0.25) is 0 Å². The predicted octanol–water partition coefficient (Wildman–Crippen LogP) is 4.85. The number of hydrogen-bond acceptors (Lipinski definition) is 3. The van der Waals surface area contributed by atoms with Crippen LogP contribution in [0, 0.1) is 5.92 Å². The Balaban J connectivity index is 1.89. The zero-order chi connectivity index (χ0) is 15.7. The zero-order valence-electron chi connectivity index (χ0n) is 12.9. The fraction of sp³-hybridized carbons (Fsp3) is 0.278. The number of carbonyl (C=O) groups excluding carboxylic acids is 1. The third-order valence-corrected chi connectivity index (χ3v) is 5.67. The maximum Gasteiger partial charge on any atom is 0.232 e. The lowest BCUT2D eigenvalue weighted by Gasteiger charge is -2.46. The van der Waals surface area contributed by atoms with Crippen LogP contribution in [-0.4, -0.2) is 18.4 Å². The second kappa shape index (κ2) is 6.39. The first-order valence-corrected chi connectivity index (χ1v) is 9.71. The van der Waals surface area contributed by atoms with E-state index in [0.29, 0.717) is 0 Å². The van der Waals surface area contributed by atoms with Crippen LogP contribution in [-0.2, 0) is 4.79 Å². The molecule has 0 bridgehead atoms. The van der Waals surface area contributed by atoms with E-state index < -0.39 is 0 Å². The van der Waals surface area contributed by atoms with Crippen molar-refractivity contribution < 1.29 is 4.79 Å². The Kier molecular flexibility index (Phi) is 4.50. The lowest BCUT2D eigenvalue weighted by Crippen LogP contribution is -2.54. The van der Waals surface area contributed by atoms with E-state index in [-0.39, 0.29) is 17.9 Å². The van der Waals surface area contributed by atoms with Crippen LogP contribution in [0.25, 0.3) is 0 Å². The molecule has 1 fully saturated rings. The van der Waals surface area contributed by atoms with Gasteiger partial charge in [-0.2, -0.15) is 0 Å². The number of thioether (sulfide) groups is 2. The second-order valence-electron chi connectivity index (χ2n) is 5.41. The maximum atomic E-state index is 12.3. The molecular formula is C18H19NOS2. The molecule has 1 aliphatic rings. The number of anilines is 1. The third-order valence-electron chi connectivity index (χ3n) is 4.19. The molecule has 1 aliphatic heterocycles. The van der Waals surface area contributed by atoms with Crippen LogP contribution in [0.1, 0.15) is 18.5 Å². The number of hydrogen-bond donors (Lipinski definition) is 0. The molecule has 1 heterocycles. The van der Waals surface area contributed by atoms with Gasteiger partial charge in [0.15, 0.2) is 0 Å². The Morgan fingerprint density at radius 2 is 1.36 bits per heavy atom. The molecule has 0 N–H and O–H groups in total. The van der Waals surface area contributed by atoms with Gasteiger partial charge in [0.1, 0.15) is 0 Å². The van der Waals surface area contributed by atoms with Crippen LogP contribution >= 0.6 is 23.5 Å². The topological polar surface area (TPSA) is 20.3 Å². The van der Waals surface area contributed by atoms with Gasteiger partial charge in [0, 0.05) is 15.5 Å². The van der Waals surface area contributed by atoms with Gasteiger partial charge in [0.2, 0.25) is 5.91 Å². The molecule has 2 nitrogen and oxygen atoms in total. The molecule has 2 unspecified atom stereocenters. The van der Waals surface area contributed by atoms with Crippen LogP contribution in [0.3, 0.4) is 0 Å². The Hall–Kier alpha value is -1.39. The lowest BCUT2D eigenvalue weighted by atomic mass is 9.83.